The van der Waals surface area contributed by atoms with Crippen LogP contribution in [0.5, 0.6) is 11.5 Å². The molecule has 0 aliphatic carbocycles. The molecule has 1 N–H and O–H groups in total. The van der Waals surface area contributed by atoms with Crippen molar-refractivity contribution in [2.75, 3.05) is 13.2 Å². The van der Waals surface area contributed by atoms with Gasteiger partial charge in [0.1, 0.15) is 18.1 Å². The monoisotopic (exact) mass is 425 g/mol. The Morgan fingerprint density at radius 3 is 2.48 bits per heavy atom. The van der Waals surface area contributed by atoms with E-state index in [1.165, 1.54) is 0 Å². The Balaban J connectivity index is 1.44. The van der Waals surface area contributed by atoms with Gasteiger partial charge in [-0.15, -0.1) is 0 Å². The summed E-state index contributed by atoms with van der Waals surface area (Å²) in [7, 11) is 0. The Kier molecular flexibility index (Phi) is 6.79. The van der Waals surface area contributed by atoms with Gasteiger partial charge in [0.05, 0.1) is 6.10 Å². The summed E-state index contributed by atoms with van der Waals surface area (Å²) >= 11 is 0. The van der Waals surface area contributed by atoms with Crippen LogP contribution in [0.3, 0.4) is 0 Å². The number of nitrogens with zero attached hydrogens (tertiary/aromatic N) is 1. The molecule has 6 heteroatoms. The summed E-state index contributed by atoms with van der Waals surface area (Å²) in [5.74, 6) is 0.985. The van der Waals surface area contributed by atoms with E-state index < -0.39 is 12.7 Å². The van der Waals surface area contributed by atoms with Crippen LogP contribution in [0.25, 0.3) is 0 Å². The highest BCUT2D eigenvalue weighted by Gasteiger charge is 2.18. The quantitative estimate of drug-likeness (QED) is 0.581. The normalized spacial score (nSPS) is 15.1. The molecule has 3 aromatic carbocycles. The predicted octanol–water partition coefficient (Wildman–Crippen LogP) is 4.96. The fourth-order valence-corrected chi connectivity index (χ4v) is 3.80. The van der Waals surface area contributed by atoms with Crippen LogP contribution in [0.1, 0.15) is 28.4 Å². The third-order valence-corrected chi connectivity index (χ3v) is 5.35. The summed E-state index contributed by atoms with van der Waals surface area (Å²) in [6.45, 7) is -0.181. The number of alkyl halides is 2. The van der Waals surface area contributed by atoms with Crippen LogP contribution in [0.4, 0.5) is 8.78 Å². The molecule has 1 aliphatic heterocycles. The number of aliphatic hydroxyl groups is 1. The zero-order valence-electron chi connectivity index (χ0n) is 17.1. The molecule has 1 heterocycles. The van der Waals surface area contributed by atoms with E-state index in [0.717, 1.165) is 34.5 Å². The average molecular weight is 425 g/mol. The molecule has 4 nitrogen and oxygen atoms in total. The maximum absolute atomic E-state index is 12.3. The topological polar surface area (TPSA) is 41.9 Å². The maximum Gasteiger partial charge on any atom is 0.387 e. The van der Waals surface area contributed by atoms with Crippen LogP contribution in [0.2, 0.25) is 0 Å². The molecule has 0 unspecified atom stereocenters. The Morgan fingerprint density at radius 2 is 1.74 bits per heavy atom. The molecule has 162 valence electrons. The minimum Gasteiger partial charge on any atom is -0.492 e. The molecule has 0 spiro atoms. The maximum atomic E-state index is 12.3. The van der Waals surface area contributed by atoms with E-state index in [1.54, 1.807) is 24.3 Å². The van der Waals surface area contributed by atoms with Gasteiger partial charge in [0.25, 0.3) is 0 Å². The summed E-state index contributed by atoms with van der Waals surface area (Å²) in [6.07, 6.45) is -0.0381. The van der Waals surface area contributed by atoms with Gasteiger partial charge in [-0.25, -0.2) is 0 Å². The molecule has 0 aromatic heterocycles. The summed E-state index contributed by atoms with van der Waals surface area (Å²) < 4.78 is 35.0. The van der Waals surface area contributed by atoms with Gasteiger partial charge in [0.2, 0.25) is 0 Å². The first-order valence-electron chi connectivity index (χ1n) is 10.3. The summed E-state index contributed by atoms with van der Waals surface area (Å²) in [4.78, 5) is 2.24. The second-order valence-electron chi connectivity index (χ2n) is 7.65. The van der Waals surface area contributed by atoms with E-state index in [1.807, 2.05) is 48.5 Å². The van der Waals surface area contributed by atoms with E-state index in [-0.39, 0.29) is 5.75 Å². The summed E-state index contributed by atoms with van der Waals surface area (Å²) in [5, 5.41) is 10.7. The van der Waals surface area contributed by atoms with E-state index in [4.69, 9.17) is 4.74 Å². The second-order valence-corrected chi connectivity index (χ2v) is 7.65. The minimum absolute atomic E-state index is 0.153. The molecule has 0 saturated heterocycles. The largest absolute Gasteiger partial charge is 0.492 e. The van der Waals surface area contributed by atoms with Crippen molar-refractivity contribution in [2.24, 2.45) is 0 Å². The molecule has 0 fully saturated rings. The van der Waals surface area contributed by atoms with E-state index in [0.29, 0.717) is 26.1 Å². The van der Waals surface area contributed by atoms with Gasteiger partial charge < -0.3 is 14.6 Å². The summed E-state index contributed by atoms with van der Waals surface area (Å²) in [6, 6.07) is 22.5. The molecule has 31 heavy (non-hydrogen) atoms. The van der Waals surface area contributed by atoms with Crippen LogP contribution in [-0.2, 0) is 19.5 Å². The molecule has 0 saturated carbocycles. The number of benzene rings is 3. The SMILES string of the molecule is O[C@@H](Cc1ccccc1)c1ccc2c(c1)CN(Cc1ccc(OC(F)F)cc1)CCO2. The lowest BCUT2D eigenvalue weighted by Crippen LogP contribution is -2.25. The van der Waals surface area contributed by atoms with Crippen molar-refractivity contribution in [3.05, 3.63) is 95.1 Å². The van der Waals surface area contributed by atoms with Gasteiger partial charge in [0, 0.05) is 31.6 Å². The standard InChI is InChI=1S/C25H25F2NO3/c26-25(27)31-22-9-6-19(7-10-22)16-28-12-13-30-24-11-8-20(15-21(24)17-28)23(29)14-18-4-2-1-3-5-18/h1-11,15,23,25,29H,12-14,16-17H2/t23-/m0/s1. The van der Waals surface area contributed by atoms with Crippen LogP contribution in [0.15, 0.2) is 72.8 Å². The first-order chi connectivity index (χ1) is 15.1. The van der Waals surface area contributed by atoms with E-state index >= 15 is 0 Å². The third kappa shape index (κ3) is 5.81. The third-order valence-electron chi connectivity index (χ3n) is 5.35. The fraction of sp³-hybridized carbons (Fsp3) is 0.280. The van der Waals surface area contributed by atoms with Gasteiger partial charge in [-0.1, -0.05) is 48.5 Å². The first kappa shape index (κ1) is 21.3. The molecule has 0 bridgehead atoms. The van der Waals surface area contributed by atoms with Gasteiger partial charge in [-0.3, -0.25) is 4.90 Å². The number of hydrogen-bond acceptors (Lipinski definition) is 4. The Labute approximate surface area is 180 Å². The molecule has 4 rings (SSSR count). The molecule has 1 atom stereocenters. The number of hydrogen-bond donors (Lipinski definition) is 1. The number of aliphatic hydroxyl groups excluding tert-OH is 1. The van der Waals surface area contributed by atoms with Crippen molar-refractivity contribution in [1.29, 1.82) is 0 Å². The highest BCUT2D eigenvalue weighted by Crippen LogP contribution is 2.29. The fourth-order valence-electron chi connectivity index (χ4n) is 3.80. The first-order valence-corrected chi connectivity index (χ1v) is 10.3. The average Bonchev–Trinajstić information content (AvgIpc) is 2.96. The number of rotatable bonds is 7. The zero-order valence-corrected chi connectivity index (χ0v) is 17.1. The van der Waals surface area contributed by atoms with Crippen molar-refractivity contribution in [1.82, 2.24) is 4.90 Å². The lowest BCUT2D eigenvalue weighted by Gasteiger charge is -2.20. The van der Waals surface area contributed by atoms with Crippen molar-refractivity contribution in [3.63, 3.8) is 0 Å². The molecular formula is C25H25F2NO3. The van der Waals surface area contributed by atoms with Crippen molar-refractivity contribution in [2.45, 2.75) is 32.2 Å². The van der Waals surface area contributed by atoms with Gasteiger partial charge in [-0.2, -0.15) is 8.78 Å². The lowest BCUT2D eigenvalue weighted by molar-refractivity contribution is -0.0498. The summed E-state index contributed by atoms with van der Waals surface area (Å²) in [5.41, 5.74) is 3.98. The highest BCUT2D eigenvalue weighted by atomic mass is 19.3. The van der Waals surface area contributed by atoms with E-state index in [9.17, 15) is 13.9 Å². The Hall–Kier alpha value is -2.96. The molecule has 0 amide bonds. The van der Waals surface area contributed by atoms with Gasteiger partial charge in [-0.05, 0) is 41.0 Å². The van der Waals surface area contributed by atoms with Crippen LogP contribution in [-0.4, -0.2) is 29.8 Å². The van der Waals surface area contributed by atoms with Crippen LogP contribution < -0.4 is 9.47 Å². The van der Waals surface area contributed by atoms with E-state index in [2.05, 4.69) is 9.64 Å². The van der Waals surface area contributed by atoms with Crippen molar-refractivity contribution >= 4 is 0 Å². The number of halogens is 2. The number of ether oxygens (including phenoxy) is 2. The van der Waals surface area contributed by atoms with Gasteiger partial charge >= 0.3 is 6.61 Å². The molecule has 0 radical (unpaired) electrons. The molecule has 3 aromatic rings. The van der Waals surface area contributed by atoms with Crippen LogP contribution >= 0.6 is 0 Å². The Morgan fingerprint density at radius 1 is 0.968 bits per heavy atom. The zero-order chi connectivity index (χ0) is 21.6. The second kappa shape index (κ2) is 9.90. The van der Waals surface area contributed by atoms with Crippen molar-refractivity contribution < 1.29 is 23.4 Å². The predicted molar refractivity (Wildman–Crippen MR) is 114 cm³/mol. The smallest absolute Gasteiger partial charge is 0.387 e. The van der Waals surface area contributed by atoms with Gasteiger partial charge in [0.15, 0.2) is 0 Å². The van der Waals surface area contributed by atoms with Crippen LogP contribution in [0, 0.1) is 0 Å². The molecule has 1 aliphatic rings. The molecular weight excluding hydrogens is 400 g/mol. The minimum atomic E-state index is -2.82. The number of fused-ring (bicyclic) bond motifs is 1. The highest BCUT2D eigenvalue weighted by molar-refractivity contribution is 5.39. The van der Waals surface area contributed by atoms with Crippen molar-refractivity contribution in [3.8, 4) is 11.5 Å². The Bertz CT molecular complexity index is 980. The lowest BCUT2D eigenvalue weighted by atomic mass is 9.99.